The fraction of sp³-hybridized carbons (Fsp3) is 0.500. The summed E-state index contributed by atoms with van der Waals surface area (Å²) in [7, 11) is 1.29. The highest BCUT2D eigenvalue weighted by Crippen LogP contribution is 2.18. The molecule has 1 amide bonds. The number of primary amides is 1. The van der Waals surface area contributed by atoms with Crippen molar-refractivity contribution in [2.24, 2.45) is 11.7 Å². The summed E-state index contributed by atoms with van der Waals surface area (Å²) in [6.07, 6.45) is 0. The van der Waals surface area contributed by atoms with Crippen LogP contribution in [0.1, 0.15) is 24.3 Å². The molecule has 0 bridgehead atoms. The number of anilines is 1. The summed E-state index contributed by atoms with van der Waals surface area (Å²) in [4.78, 5) is 26.4. The Morgan fingerprint density at radius 3 is 2.65 bits per heavy atom. The highest BCUT2D eigenvalue weighted by molar-refractivity contribution is 7.13. The van der Waals surface area contributed by atoms with Gasteiger partial charge in [-0.3, -0.25) is 4.79 Å². The van der Waals surface area contributed by atoms with E-state index in [2.05, 4.69) is 15.0 Å². The van der Waals surface area contributed by atoms with Crippen molar-refractivity contribution in [2.75, 3.05) is 12.4 Å². The van der Waals surface area contributed by atoms with Gasteiger partial charge in [-0.15, -0.1) is 11.3 Å². The van der Waals surface area contributed by atoms with E-state index in [4.69, 9.17) is 5.73 Å². The van der Waals surface area contributed by atoms with Crippen molar-refractivity contribution >= 4 is 28.3 Å². The first-order valence-electron chi connectivity index (χ1n) is 5.05. The number of hydrogen-bond donors (Lipinski definition) is 2. The summed E-state index contributed by atoms with van der Waals surface area (Å²) >= 11 is 1.23. The second-order valence-corrected chi connectivity index (χ2v) is 4.66. The molecule has 0 aliphatic rings. The van der Waals surface area contributed by atoms with Gasteiger partial charge in [0.25, 0.3) is 0 Å². The first kappa shape index (κ1) is 13.4. The predicted octanol–water partition coefficient (Wildman–Crippen LogP) is 0.852. The number of amides is 1. The molecule has 17 heavy (non-hydrogen) atoms. The van der Waals surface area contributed by atoms with Crippen LogP contribution in [0.25, 0.3) is 0 Å². The summed E-state index contributed by atoms with van der Waals surface area (Å²) in [5, 5.41) is 4.94. The number of methoxy groups -OCH3 is 1. The largest absolute Gasteiger partial charge is 0.464 e. The van der Waals surface area contributed by atoms with Gasteiger partial charge in [0, 0.05) is 5.38 Å². The van der Waals surface area contributed by atoms with Crippen molar-refractivity contribution in [1.82, 2.24) is 4.98 Å². The zero-order valence-corrected chi connectivity index (χ0v) is 10.7. The van der Waals surface area contributed by atoms with E-state index in [1.807, 2.05) is 13.8 Å². The molecule has 1 aromatic heterocycles. The van der Waals surface area contributed by atoms with Crippen molar-refractivity contribution in [2.45, 2.75) is 19.9 Å². The number of nitrogens with two attached hydrogens (primary N) is 1. The van der Waals surface area contributed by atoms with Gasteiger partial charge in [-0.05, 0) is 5.92 Å². The van der Waals surface area contributed by atoms with Gasteiger partial charge in [0.05, 0.1) is 7.11 Å². The molecular weight excluding hydrogens is 242 g/mol. The van der Waals surface area contributed by atoms with E-state index in [0.717, 1.165) is 0 Å². The third-order valence-electron chi connectivity index (χ3n) is 2.15. The first-order chi connectivity index (χ1) is 7.95. The Morgan fingerprint density at radius 2 is 2.18 bits per heavy atom. The molecule has 0 saturated carbocycles. The molecular formula is C10H15N3O3S. The van der Waals surface area contributed by atoms with Crippen LogP contribution >= 0.6 is 11.3 Å². The van der Waals surface area contributed by atoms with E-state index >= 15 is 0 Å². The van der Waals surface area contributed by atoms with Crippen molar-refractivity contribution in [3.8, 4) is 0 Å². The van der Waals surface area contributed by atoms with Crippen LogP contribution in [-0.2, 0) is 9.53 Å². The maximum atomic E-state index is 11.2. The van der Waals surface area contributed by atoms with E-state index < -0.39 is 17.9 Å². The second-order valence-electron chi connectivity index (χ2n) is 3.80. The smallest absolute Gasteiger partial charge is 0.357 e. The van der Waals surface area contributed by atoms with Crippen LogP contribution in [0.15, 0.2) is 5.38 Å². The van der Waals surface area contributed by atoms with Gasteiger partial charge in [-0.25, -0.2) is 9.78 Å². The summed E-state index contributed by atoms with van der Waals surface area (Å²) in [5.41, 5.74) is 5.48. The Bertz CT molecular complexity index is 417. The number of thiazole rings is 1. The van der Waals surface area contributed by atoms with Crippen LogP contribution in [0.2, 0.25) is 0 Å². The molecule has 0 saturated heterocycles. The number of aromatic nitrogens is 1. The minimum absolute atomic E-state index is 0.0398. The van der Waals surface area contributed by atoms with E-state index in [-0.39, 0.29) is 11.6 Å². The quantitative estimate of drug-likeness (QED) is 0.763. The molecule has 0 aliphatic heterocycles. The number of ether oxygens (including phenoxy) is 1. The summed E-state index contributed by atoms with van der Waals surface area (Å²) in [6.45, 7) is 3.74. The monoisotopic (exact) mass is 257 g/mol. The van der Waals surface area contributed by atoms with Crippen molar-refractivity contribution in [1.29, 1.82) is 0 Å². The average Bonchev–Trinajstić information content (AvgIpc) is 2.72. The Balaban J connectivity index is 2.77. The van der Waals surface area contributed by atoms with E-state index in [0.29, 0.717) is 5.13 Å². The fourth-order valence-electron chi connectivity index (χ4n) is 1.24. The molecule has 0 spiro atoms. The lowest BCUT2D eigenvalue weighted by atomic mass is 10.0. The normalized spacial score (nSPS) is 12.2. The summed E-state index contributed by atoms with van der Waals surface area (Å²) < 4.78 is 4.54. The Kier molecular flexibility index (Phi) is 4.45. The number of nitrogens with one attached hydrogen (secondary N) is 1. The van der Waals surface area contributed by atoms with Crippen LogP contribution in [0.4, 0.5) is 5.13 Å². The van der Waals surface area contributed by atoms with Gasteiger partial charge in [0.1, 0.15) is 6.04 Å². The average molecular weight is 257 g/mol. The first-order valence-corrected chi connectivity index (χ1v) is 5.93. The van der Waals surface area contributed by atoms with Crippen molar-refractivity contribution in [3.05, 3.63) is 11.1 Å². The minimum Gasteiger partial charge on any atom is -0.464 e. The molecule has 1 unspecified atom stereocenters. The number of carbonyl (C=O) groups excluding carboxylic acids is 2. The zero-order valence-electron chi connectivity index (χ0n) is 9.89. The maximum absolute atomic E-state index is 11.2. The highest BCUT2D eigenvalue weighted by atomic mass is 32.1. The lowest BCUT2D eigenvalue weighted by Gasteiger charge is -2.17. The van der Waals surface area contributed by atoms with Gasteiger partial charge in [0.2, 0.25) is 5.91 Å². The molecule has 0 aliphatic carbocycles. The maximum Gasteiger partial charge on any atom is 0.357 e. The second kappa shape index (κ2) is 5.62. The van der Waals surface area contributed by atoms with Crippen molar-refractivity contribution < 1.29 is 14.3 Å². The Morgan fingerprint density at radius 1 is 1.53 bits per heavy atom. The van der Waals surface area contributed by atoms with Gasteiger partial charge in [0.15, 0.2) is 10.8 Å². The third kappa shape index (κ3) is 3.42. The number of rotatable bonds is 5. The van der Waals surface area contributed by atoms with Crippen LogP contribution < -0.4 is 11.1 Å². The molecule has 1 heterocycles. The number of carbonyl (C=O) groups is 2. The highest BCUT2D eigenvalue weighted by Gasteiger charge is 2.21. The Labute approximate surface area is 103 Å². The number of esters is 1. The van der Waals surface area contributed by atoms with Gasteiger partial charge in [-0.2, -0.15) is 0 Å². The lowest BCUT2D eigenvalue weighted by Crippen LogP contribution is -2.39. The lowest BCUT2D eigenvalue weighted by molar-refractivity contribution is -0.119. The van der Waals surface area contributed by atoms with Crippen LogP contribution in [0, 0.1) is 5.92 Å². The van der Waals surface area contributed by atoms with Gasteiger partial charge < -0.3 is 15.8 Å². The van der Waals surface area contributed by atoms with E-state index in [1.165, 1.54) is 18.4 Å². The van der Waals surface area contributed by atoms with Crippen molar-refractivity contribution in [3.63, 3.8) is 0 Å². The third-order valence-corrected chi connectivity index (χ3v) is 2.92. The Hall–Kier alpha value is -1.63. The number of hydrogen-bond acceptors (Lipinski definition) is 6. The minimum atomic E-state index is -0.508. The molecule has 1 aromatic rings. The fourth-order valence-corrected chi connectivity index (χ4v) is 1.96. The number of nitrogens with zero attached hydrogens (tertiary/aromatic N) is 1. The molecule has 1 rings (SSSR count). The zero-order chi connectivity index (χ0) is 13.0. The van der Waals surface area contributed by atoms with Crippen LogP contribution in [0.3, 0.4) is 0 Å². The molecule has 3 N–H and O–H groups in total. The predicted molar refractivity (Wildman–Crippen MR) is 64.9 cm³/mol. The molecule has 0 fully saturated rings. The van der Waals surface area contributed by atoms with E-state index in [1.54, 1.807) is 5.38 Å². The van der Waals surface area contributed by atoms with E-state index in [9.17, 15) is 9.59 Å². The molecule has 7 heteroatoms. The summed E-state index contributed by atoms with van der Waals surface area (Å²) in [5.74, 6) is -0.915. The topological polar surface area (TPSA) is 94.3 Å². The van der Waals surface area contributed by atoms with Gasteiger partial charge >= 0.3 is 5.97 Å². The van der Waals surface area contributed by atoms with Crippen LogP contribution in [0.5, 0.6) is 0 Å². The molecule has 6 nitrogen and oxygen atoms in total. The molecule has 0 aromatic carbocycles. The molecule has 0 radical (unpaired) electrons. The standard InChI is InChI=1S/C10H15N3O3S/c1-5(2)7(8(11)14)13-10-12-6(4-17-10)9(15)16-3/h4-5,7H,1-3H3,(H2,11,14)(H,12,13). The van der Waals surface area contributed by atoms with Crippen LogP contribution in [-0.4, -0.2) is 30.0 Å². The van der Waals surface area contributed by atoms with Gasteiger partial charge in [-0.1, -0.05) is 13.8 Å². The molecule has 94 valence electrons. The SMILES string of the molecule is COC(=O)c1csc(NC(C(N)=O)C(C)C)n1. The molecule has 1 atom stereocenters. The summed E-state index contributed by atoms with van der Waals surface area (Å²) in [6, 6.07) is -0.508.